The number of ether oxygens (including phenoxy) is 2. The number of carbonyl (C=O) groups is 1. The van der Waals surface area contributed by atoms with E-state index >= 15 is 0 Å². The Kier molecular flexibility index (Phi) is 6.86. The average Bonchev–Trinajstić information content (AvgIpc) is 2.60. The lowest BCUT2D eigenvalue weighted by Gasteiger charge is -2.06. The Balaban J connectivity index is 1.83. The van der Waals surface area contributed by atoms with E-state index in [1.807, 2.05) is 24.3 Å². The van der Waals surface area contributed by atoms with Crippen LogP contribution in [-0.4, -0.2) is 25.3 Å². The van der Waals surface area contributed by atoms with E-state index < -0.39 is 0 Å². The first-order chi connectivity index (χ1) is 11.7. The summed E-state index contributed by atoms with van der Waals surface area (Å²) in [4.78, 5) is 11.7. The lowest BCUT2D eigenvalue weighted by Crippen LogP contribution is -2.24. The zero-order chi connectivity index (χ0) is 17.2. The van der Waals surface area contributed by atoms with Crippen LogP contribution in [-0.2, 0) is 4.79 Å². The van der Waals surface area contributed by atoms with Crippen LogP contribution in [0.5, 0.6) is 11.5 Å². The molecule has 6 heteroatoms. The maximum atomic E-state index is 11.7. The molecule has 24 heavy (non-hydrogen) atoms. The first-order valence-electron chi connectivity index (χ1n) is 7.22. The number of nitrogens with zero attached hydrogens (tertiary/aromatic N) is 1. The van der Waals surface area contributed by atoms with E-state index in [4.69, 9.17) is 21.1 Å². The number of halogens is 1. The van der Waals surface area contributed by atoms with Gasteiger partial charge in [0.25, 0.3) is 5.91 Å². The lowest BCUT2D eigenvalue weighted by atomic mass is 10.2. The summed E-state index contributed by atoms with van der Waals surface area (Å²) in [5, 5.41) is 4.51. The van der Waals surface area contributed by atoms with Gasteiger partial charge in [-0.1, -0.05) is 36.4 Å². The van der Waals surface area contributed by atoms with Gasteiger partial charge in [-0.15, -0.1) is 0 Å². The topological polar surface area (TPSA) is 59.9 Å². The molecular formula is C18H17ClN2O3. The molecule has 0 heterocycles. The van der Waals surface area contributed by atoms with Gasteiger partial charge in [0.2, 0.25) is 0 Å². The van der Waals surface area contributed by atoms with Crippen LogP contribution in [0.1, 0.15) is 5.56 Å². The van der Waals surface area contributed by atoms with Gasteiger partial charge in [-0.3, -0.25) is 4.79 Å². The van der Waals surface area contributed by atoms with Gasteiger partial charge >= 0.3 is 0 Å². The van der Waals surface area contributed by atoms with Crippen molar-refractivity contribution in [2.24, 2.45) is 5.10 Å². The molecule has 1 amide bonds. The van der Waals surface area contributed by atoms with Crippen molar-refractivity contribution in [1.29, 1.82) is 0 Å². The highest BCUT2D eigenvalue weighted by Crippen LogP contribution is 2.16. The summed E-state index contributed by atoms with van der Waals surface area (Å²) in [6.07, 6.45) is 3.17. The summed E-state index contributed by atoms with van der Waals surface area (Å²) in [6, 6.07) is 14.1. The summed E-state index contributed by atoms with van der Waals surface area (Å²) in [6.45, 7) is 3.85. The summed E-state index contributed by atoms with van der Waals surface area (Å²) >= 11 is 5.78. The minimum Gasteiger partial charge on any atom is -0.489 e. The number of amides is 1. The standard InChI is InChI=1S/C18H17ClN2O3/c1-2-11-23-17-6-4-3-5-14(17)12-20-21-18(22)13-24-16-9-7-15(19)8-10-16/h2-10,12H,1,11,13H2,(H,21,22)/b20-12-. The van der Waals surface area contributed by atoms with E-state index in [1.165, 1.54) is 6.21 Å². The van der Waals surface area contributed by atoms with E-state index in [0.29, 0.717) is 23.1 Å². The molecule has 0 saturated carbocycles. The second-order valence-corrected chi connectivity index (χ2v) is 5.11. The first kappa shape index (κ1) is 17.6. The molecule has 0 saturated heterocycles. The Bertz CT molecular complexity index is 714. The summed E-state index contributed by atoms with van der Waals surface area (Å²) in [5.41, 5.74) is 3.15. The largest absolute Gasteiger partial charge is 0.489 e. The highest BCUT2D eigenvalue weighted by atomic mass is 35.5. The van der Waals surface area contributed by atoms with Crippen LogP contribution in [0.25, 0.3) is 0 Å². The minimum atomic E-state index is -0.370. The normalized spacial score (nSPS) is 10.4. The van der Waals surface area contributed by atoms with Gasteiger partial charge in [0, 0.05) is 10.6 Å². The van der Waals surface area contributed by atoms with E-state index in [2.05, 4.69) is 17.1 Å². The van der Waals surface area contributed by atoms with Crippen molar-refractivity contribution in [3.8, 4) is 11.5 Å². The van der Waals surface area contributed by atoms with Crippen LogP contribution >= 0.6 is 11.6 Å². The van der Waals surface area contributed by atoms with Crippen molar-refractivity contribution in [2.45, 2.75) is 0 Å². The first-order valence-corrected chi connectivity index (χ1v) is 7.60. The molecule has 0 aliphatic carbocycles. The number of carbonyl (C=O) groups excluding carboxylic acids is 1. The van der Waals surface area contributed by atoms with Crippen LogP contribution in [0.2, 0.25) is 5.02 Å². The zero-order valence-electron chi connectivity index (χ0n) is 12.9. The van der Waals surface area contributed by atoms with Crippen molar-refractivity contribution in [3.05, 3.63) is 71.8 Å². The maximum Gasteiger partial charge on any atom is 0.277 e. The van der Waals surface area contributed by atoms with Gasteiger partial charge in [-0.25, -0.2) is 5.43 Å². The van der Waals surface area contributed by atoms with Gasteiger partial charge in [0.15, 0.2) is 6.61 Å². The smallest absolute Gasteiger partial charge is 0.277 e. The molecule has 2 aromatic carbocycles. The molecule has 5 nitrogen and oxygen atoms in total. The molecule has 0 bridgehead atoms. The van der Waals surface area contributed by atoms with Crippen LogP contribution in [0.3, 0.4) is 0 Å². The Hall–Kier alpha value is -2.79. The molecule has 2 rings (SSSR count). The number of hydrogen-bond donors (Lipinski definition) is 1. The number of hydrogen-bond acceptors (Lipinski definition) is 4. The third-order valence-electron chi connectivity index (χ3n) is 2.85. The zero-order valence-corrected chi connectivity index (χ0v) is 13.7. The fourth-order valence-electron chi connectivity index (χ4n) is 1.75. The molecule has 0 aromatic heterocycles. The summed E-state index contributed by atoms with van der Waals surface area (Å²) in [7, 11) is 0. The van der Waals surface area contributed by atoms with Crippen molar-refractivity contribution in [2.75, 3.05) is 13.2 Å². The van der Waals surface area contributed by atoms with Crippen molar-refractivity contribution in [3.63, 3.8) is 0 Å². The predicted octanol–water partition coefficient (Wildman–Crippen LogP) is 3.43. The number of rotatable bonds is 8. The molecule has 124 valence electrons. The van der Waals surface area contributed by atoms with Gasteiger partial charge in [0.1, 0.15) is 18.1 Å². The molecule has 2 aromatic rings. The van der Waals surface area contributed by atoms with Crippen LogP contribution in [0.4, 0.5) is 0 Å². The van der Waals surface area contributed by atoms with Gasteiger partial charge < -0.3 is 9.47 Å². The Labute approximate surface area is 145 Å². The van der Waals surface area contributed by atoms with Crippen molar-refractivity contribution < 1.29 is 14.3 Å². The average molecular weight is 345 g/mol. The molecule has 0 aliphatic rings. The highest BCUT2D eigenvalue weighted by Gasteiger charge is 2.02. The number of benzene rings is 2. The second-order valence-electron chi connectivity index (χ2n) is 4.67. The van der Waals surface area contributed by atoms with E-state index in [0.717, 1.165) is 5.56 Å². The highest BCUT2D eigenvalue weighted by molar-refractivity contribution is 6.30. The molecule has 0 aliphatic heterocycles. The molecule has 0 fully saturated rings. The third-order valence-corrected chi connectivity index (χ3v) is 3.10. The van der Waals surface area contributed by atoms with Gasteiger partial charge in [0.05, 0.1) is 6.21 Å². The maximum absolute atomic E-state index is 11.7. The molecule has 1 N–H and O–H groups in total. The fourth-order valence-corrected chi connectivity index (χ4v) is 1.88. The predicted molar refractivity (Wildman–Crippen MR) is 94.8 cm³/mol. The van der Waals surface area contributed by atoms with E-state index in [-0.39, 0.29) is 12.5 Å². The Morgan fingerprint density at radius 3 is 2.67 bits per heavy atom. The van der Waals surface area contributed by atoms with Crippen LogP contribution in [0.15, 0.2) is 66.3 Å². The van der Waals surface area contributed by atoms with Gasteiger partial charge in [-0.05, 0) is 36.4 Å². The third kappa shape index (κ3) is 5.78. The molecule has 0 radical (unpaired) electrons. The van der Waals surface area contributed by atoms with E-state index in [9.17, 15) is 4.79 Å². The molecular weight excluding hydrogens is 328 g/mol. The quantitative estimate of drug-likeness (QED) is 0.453. The molecule has 0 spiro atoms. The summed E-state index contributed by atoms with van der Waals surface area (Å²) in [5.74, 6) is 0.847. The lowest BCUT2D eigenvalue weighted by molar-refractivity contribution is -0.123. The minimum absolute atomic E-state index is 0.145. The van der Waals surface area contributed by atoms with Crippen molar-refractivity contribution >= 4 is 23.7 Å². The van der Waals surface area contributed by atoms with Gasteiger partial charge in [-0.2, -0.15) is 5.10 Å². The van der Waals surface area contributed by atoms with Crippen LogP contribution < -0.4 is 14.9 Å². The number of hydrazone groups is 1. The Morgan fingerprint density at radius 1 is 1.17 bits per heavy atom. The SMILES string of the molecule is C=CCOc1ccccc1/C=N\NC(=O)COc1ccc(Cl)cc1. The van der Waals surface area contributed by atoms with Crippen molar-refractivity contribution in [1.82, 2.24) is 5.43 Å². The number of nitrogens with one attached hydrogen (secondary N) is 1. The molecule has 0 unspecified atom stereocenters. The molecule has 0 atom stereocenters. The summed E-state index contributed by atoms with van der Waals surface area (Å²) < 4.78 is 10.8. The fraction of sp³-hybridized carbons (Fsp3) is 0.111. The van der Waals surface area contributed by atoms with E-state index in [1.54, 1.807) is 30.3 Å². The number of para-hydroxylation sites is 1. The second kappa shape index (κ2) is 9.37. The monoisotopic (exact) mass is 344 g/mol. The Morgan fingerprint density at radius 2 is 1.92 bits per heavy atom. The van der Waals surface area contributed by atoms with Crippen LogP contribution in [0, 0.1) is 0 Å².